The molecule has 2 atom stereocenters. The number of non-ortho nitro benzene ring substituents is 2. The normalized spacial score (nSPS) is 14.2. The lowest BCUT2D eigenvalue weighted by atomic mass is 9.93. The summed E-state index contributed by atoms with van der Waals surface area (Å²) in [5.74, 6) is 0. The van der Waals surface area contributed by atoms with Gasteiger partial charge in [0.05, 0.1) is 34.1 Å². The van der Waals surface area contributed by atoms with E-state index in [1.165, 1.54) is 45.8 Å². The van der Waals surface area contributed by atoms with Gasteiger partial charge in [0.15, 0.2) is 0 Å². The van der Waals surface area contributed by atoms with Crippen molar-refractivity contribution in [1.82, 2.24) is 9.13 Å². The molecule has 0 aliphatic carbocycles. The molecule has 18 heteroatoms. The molecule has 0 aliphatic rings. The zero-order chi connectivity index (χ0) is 41.1. The van der Waals surface area contributed by atoms with Crippen LogP contribution in [0.2, 0.25) is 0 Å². The Balaban J connectivity index is 0.000000214. The van der Waals surface area contributed by atoms with E-state index in [4.69, 9.17) is 0 Å². The molecule has 6 rings (SSSR count). The van der Waals surface area contributed by atoms with Gasteiger partial charge in [0.2, 0.25) is 11.2 Å². The molecule has 0 spiro atoms. The fourth-order valence-electron chi connectivity index (χ4n) is 6.31. The van der Waals surface area contributed by atoms with E-state index in [1.54, 1.807) is 60.7 Å². The van der Waals surface area contributed by atoms with Gasteiger partial charge < -0.3 is 28.8 Å². The number of nitrogens with zero attached hydrogens (tertiary/aromatic N) is 4. The van der Waals surface area contributed by atoms with Gasteiger partial charge in [0.25, 0.3) is 11.4 Å². The van der Waals surface area contributed by atoms with E-state index in [2.05, 4.69) is 9.47 Å². The topological polar surface area (TPSA) is 155 Å². The average Bonchev–Trinajstić information content (AvgIpc) is 3.70. The Hall–Kier alpha value is -5.82. The molecule has 0 bridgehead atoms. The predicted molar refractivity (Wildman–Crippen MR) is 192 cm³/mol. The maximum absolute atomic E-state index is 13.7. The van der Waals surface area contributed by atoms with Crippen molar-refractivity contribution in [2.75, 3.05) is 27.4 Å². The van der Waals surface area contributed by atoms with Crippen LogP contribution in [0.4, 0.5) is 37.7 Å². The number of alkyl halides is 6. The largest absolute Gasteiger partial charge is 0.423 e. The summed E-state index contributed by atoms with van der Waals surface area (Å²) in [5, 5.41) is 43.3. The summed E-state index contributed by atoms with van der Waals surface area (Å²) in [6, 6.07) is 24.9. The van der Waals surface area contributed by atoms with Crippen molar-refractivity contribution >= 4 is 33.2 Å². The van der Waals surface area contributed by atoms with E-state index < -0.39 is 57.7 Å². The number of nitro benzene ring substituents is 2. The van der Waals surface area contributed by atoms with E-state index in [9.17, 15) is 56.8 Å². The number of hydrogen-bond acceptors (Lipinski definition) is 8. The van der Waals surface area contributed by atoms with E-state index in [-0.39, 0.29) is 46.3 Å². The van der Waals surface area contributed by atoms with Crippen LogP contribution in [0.1, 0.15) is 22.3 Å². The molecule has 2 N–H and O–H groups in total. The van der Waals surface area contributed by atoms with Gasteiger partial charge in [-0.3, -0.25) is 20.2 Å². The summed E-state index contributed by atoms with van der Waals surface area (Å²) < 4.78 is 94.4. The number of rotatable bonds is 12. The molecule has 0 saturated heterocycles. The van der Waals surface area contributed by atoms with Crippen molar-refractivity contribution in [3.63, 3.8) is 0 Å². The third-order valence-electron chi connectivity index (χ3n) is 9.08. The third kappa shape index (κ3) is 8.23. The summed E-state index contributed by atoms with van der Waals surface area (Å²) in [7, 11) is 2.12. The second kappa shape index (κ2) is 16.1. The van der Waals surface area contributed by atoms with Crippen molar-refractivity contribution in [2.45, 2.75) is 36.6 Å². The zero-order valence-corrected chi connectivity index (χ0v) is 29.6. The summed E-state index contributed by atoms with van der Waals surface area (Å²) >= 11 is 0. The zero-order valence-electron chi connectivity index (χ0n) is 29.6. The smallest absolute Gasteiger partial charge is 0.381 e. The molecule has 0 radical (unpaired) electrons. The first-order valence-electron chi connectivity index (χ1n) is 16.5. The van der Waals surface area contributed by atoms with Crippen LogP contribution in [-0.4, -0.2) is 69.0 Å². The number of aliphatic hydroxyl groups is 2. The molecule has 0 saturated carbocycles. The number of halogens is 6. The first-order valence-corrected chi connectivity index (χ1v) is 16.5. The molecule has 6 aromatic rings. The molecule has 2 heterocycles. The van der Waals surface area contributed by atoms with Crippen LogP contribution in [0.3, 0.4) is 0 Å². The highest BCUT2D eigenvalue weighted by molar-refractivity contribution is 5.88. The molecule has 12 nitrogen and oxygen atoms in total. The lowest BCUT2D eigenvalue weighted by Crippen LogP contribution is -2.46. The fourth-order valence-corrected chi connectivity index (χ4v) is 6.31. The summed E-state index contributed by atoms with van der Waals surface area (Å²) in [6.45, 7) is -1.64. The number of aromatic nitrogens is 2. The minimum atomic E-state index is -5.00. The maximum atomic E-state index is 13.7. The second-order valence-electron chi connectivity index (χ2n) is 12.8. The summed E-state index contributed by atoms with van der Waals surface area (Å²) in [5.41, 5.74) is -5.83. The molecule has 0 fully saturated rings. The Morgan fingerprint density at radius 1 is 0.589 bits per heavy atom. The van der Waals surface area contributed by atoms with Gasteiger partial charge in [-0.1, -0.05) is 60.7 Å². The first-order chi connectivity index (χ1) is 26.3. The second-order valence-corrected chi connectivity index (χ2v) is 12.8. The molecular weight excluding hydrogens is 754 g/mol. The molecule has 0 aliphatic heterocycles. The van der Waals surface area contributed by atoms with Gasteiger partial charge in [0.1, 0.15) is 0 Å². The van der Waals surface area contributed by atoms with Crippen LogP contribution in [-0.2, 0) is 33.8 Å². The molecule has 0 amide bonds. The first kappa shape index (κ1) is 41.3. The van der Waals surface area contributed by atoms with Crippen molar-refractivity contribution in [3.05, 3.63) is 152 Å². The van der Waals surface area contributed by atoms with E-state index in [0.717, 1.165) is 37.5 Å². The highest BCUT2D eigenvalue weighted by Gasteiger charge is 2.57. The Morgan fingerprint density at radius 2 is 0.929 bits per heavy atom. The van der Waals surface area contributed by atoms with Crippen molar-refractivity contribution in [3.8, 4) is 0 Å². The standard InChI is InChI=1S/2C19H17F3N2O4/c2*1-28-12-18(25,19(20,21)22)16-11-23(10-13-5-3-2-4-6-13)17-9-14(24(26)27)7-8-15(16)17/h2*2-9,11,25H,10,12H2,1H3. The van der Waals surface area contributed by atoms with Gasteiger partial charge >= 0.3 is 12.4 Å². The van der Waals surface area contributed by atoms with Crippen LogP contribution in [0, 0.1) is 20.2 Å². The number of fused-ring (bicyclic) bond motifs is 2. The molecule has 4 aromatic carbocycles. The SMILES string of the molecule is COCC(O)(c1cn(Cc2ccccc2)c2cc([N+](=O)[O-])ccc12)C(F)(F)F.COCC(O)(c1cn(Cc2ccccc2)c2cc([N+](=O)[O-])ccc12)C(F)(F)F. The molecule has 56 heavy (non-hydrogen) atoms. The number of methoxy groups -OCH3 is 2. The number of benzene rings is 4. The molecular formula is C38H34F6N4O8. The number of nitro groups is 2. The fraction of sp³-hybridized carbons (Fsp3) is 0.263. The van der Waals surface area contributed by atoms with Crippen LogP contribution < -0.4 is 0 Å². The van der Waals surface area contributed by atoms with Crippen LogP contribution in [0.5, 0.6) is 0 Å². The molecule has 2 aromatic heterocycles. The van der Waals surface area contributed by atoms with Crippen molar-refractivity contribution < 1.29 is 55.9 Å². The summed E-state index contributed by atoms with van der Waals surface area (Å²) in [4.78, 5) is 21.0. The van der Waals surface area contributed by atoms with Gasteiger partial charge in [-0.25, -0.2) is 0 Å². The third-order valence-corrected chi connectivity index (χ3v) is 9.08. The Kier molecular flexibility index (Phi) is 11.9. The Bertz CT molecular complexity index is 2170. The van der Waals surface area contributed by atoms with Crippen LogP contribution in [0.15, 0.2) is 109 Å². The highest BCUT2D eigenvalue weighted by atomic mass is 19.4. The summed E-state index contributed by atoms with van der Waals surface area (Å²) in [6.07, 6.45) is -7.66. The number of ether oxygens (including phenoxy) is 2. The van der Waals surface area contributed by atoms with Gasteiger partial charge in [-0.15, -0.1) is 0 Å². The molecule has 296 valence electrons. The van der Waals surface area contributed by atoms with Gasteiger partial charge in [-0.2, -0.15) is 26.3 Å². The van der Waals surface area contributed by atoms with Crippen molar-refractivity contribution in [1.29, 1.82) is 0 Å². The monoisotopic (exact) mass is 788 g/mol. The maximum Gasteiger partial charge on any atom is 0.423 e. The Labute approximate surface area is 314 Å². The van der Waals surface area contributed by atoms with E-state index in [0.29, 0.717) is 0 Å². The number of hydrogen-bond donors (Lipinski definition) is 2. The molecule has 2 unspecified atom stereocenters. The highest BCUT2D eigenvalue weighted by Crippen LogP contribution is 2.45. The van der Waals surface area contributed by atoms with Crippen molar-refractivity contribution in [2.24, 2.45) is 0 Å². The van der Waals surface area contributed by atoms with Gasteiger partial charge in [0, 0.05) is 85.9 Å². The lowest BCUT2D eigenvalue weighted by Gasteiger charge is -2.29. The van der Waals surface area contributed by atoms with Gasteiger partial charge in [-0.05, 0) is 23.3 Å². The predicted octanol–water partition coefficient (Wildman–Crippen LogP) is 7.99. The Morgan fingerprint density at radius 3 is 1.21 bits per heavy atom. The van der Waals surface area contributed by atoms with Crippen LogP contribution >= 0.6 is 0 Å². The lowest BCUT2D eigenvalue weighted by molar-refractivity contribution is -0.384. The van der Waals surface area contributed by atoms with E-state index in [1.807, 2.05) is 0 Å². The van der Waals surface area contributed by atoms with Crippen LogP contribution in [0.25, 0.3) is 21.8 Å². The minimum absolute atomic E-state index is 0.0680. The minimum Gasteiger partial charge on any atom is -0.381 e. The average molecular weight is 789 g/mol. The van der Waals surface area contributed by atoms with E-state index >= 15 is 0 Å². The quantitative estimate of drug-likeness (QED) is 0.0719.